The minimum Gasteiger partial charge on any atom is -0.270 e. The van der Waals surface area contributed by atoms with Gasteiger partial charge >= 0.3 is 0 Å². The largest absolute Gasteiger partial charge is 0.270 e. The molecule has 0 fully saturated rings. The summed E-state index contributed by atoms with van der Waals surface area (Å²) in [6.07, 6.45) is 1.81. The van der Waals surface area contributed by atoms with Gasteiger partial charge in [0.05, 0.1) is 10.9 Å². The number of benzene rings is 1. The highest BCUT2D eigenvalue weighted by Gasteiger charge is 2.31. The van der Waals surface area contributed by atoms with Gasteiger partial charge in [0.2, 0.25) is 10.0 Å². The standard InChI is InChI=1S/C12H16ClNO2S/c1-10(9-13)17(15,16)14-8-4-6-11-5-2-3-7-12(11)14/h2-3,5,7,10H,4,6,8-9H2,1H3. The number of hydrogen-bond acceptors (Lipinski definition) is 2. The zero-order chi connectivity index (χ0) is 12.5. The van der Waals surface area contributed by atoms with Crippen molar-refractivity contribution in [1.82, 2.24) is 0 Å². The molecule has 17 heavy (non-hydrogen) atoms. The molecule has 1 aromatic rings. The van der Waals surface area contributed by atoms with Crippen LogP contribution in [0.1, 0.15) is 18.9 Å². The Morgan fingerprint density at radius 1 is 1.41 bits per heavy atom. The zero-order valence-corrected chi connectivity index (χ0v) is 11.3. The fraction of sp³-hybridized carbons (Fsp3) is 0.500. The minimum absolute atomic E-state index is 0.126. The van der Waals surface area contributed by atoms with Gasteiger partial charge in [-0.25, -0.2) is 8.42 Å². The van der Waals surface area contributed by atoms with Crippen LogP contribution >= 0.6 is 11.6 Å². The van der Waals surface area contributed by atoms with Crippen LogP contribution in [0.2, 0.25) is 0 Å². The summed E-state index contributed by atoms with van der Waals surface area (Å²) in [6.45, 7) is 2.21. The zero-order valence-electron chi connectivity index (χ0n) is 9.77. The van der Waals surface area contributed by atoms with Crippen LogP contribution in [0.15, 0.2) is 24.3 Å². The van der Waals surface area contributed by atoms with Crippen molar-refractivity contribution in [3.63, 3.8) is 0 Å². The Labute approximate surface area is 107 Å². The van der Waals surface area contributed by atoms with E-state index in [2.05, 4.69) is 0 Å². The quantitative estimate of drug-likeness (QED) is 0.793. The lowest BCUT2D eigenvalue weighted by atomic mass is 10.0. The molecule has 0 N–H and O–H groups in total. The highest BCUT2D eigenvalue weighted by Crippen LogP contribution is 2.30. The number of aryl methyl sites for hydroxylation is 1. The SMILES string of the molecule is CC(CCl)S(=O)(=O)N1CCCc2ccccc21. The third-order valence-electron chi connectivity index (χ3n) is 3.10. The fourth-order valence-electron chi connectivity index (χ4n) is 2.06. The van der Waals surface area contributed by atoms with Gasteiger partial charge in [-0.3, -0.25) is 4.31 Å². The van der Waals surface area contributed by atoms with Crippen molar-refractivity contribution in [3.05, 3.63) is 29.8 Å². The number of anilines is 1. The number of nitrogens with zero attached hydrogens (tertiary/aromatic N) is 1. The van der Waals surface area contributed by atoms with Gasteiger partial charge in [0.1, 0.15) is 0 Å². The maximum atomic E-state index is 12.3. The maximum absolute atomic E-state index is 12.3. The average Bonchev–Trinajstić information content (AvgIpc) is 2.37. The summed E-state index contributed by atoms with van der Waals surface area (Å²) >= 11 is 5.68. The molecule has 0 bridgehead atoms. The Bertz CT molecular complexity index is 501. The predicted molar refractivity (Wildman–Crippen MR) is 71.2 cm³/mol. The fourth-order valence-corrected chi connectivity index (χ4v) is 3.97. The molecule has 0 aromatic heterocycles. The van der Waals surface area contributed by atoms with E-state index in [0.29, 0.717) is 6.54 Å². The summed E-state index contributed by atoms with van der Waals surface area (Å²) < 4.78 is 26.2. The van der Waals surface area contributed by atoms with E-state index in [1.165, 1.54) is 4.31 Å². The van der Waals surface area contributed by atoms with Gasteiger partial charge in [-0.1, -0.05) is 18.2 Å². The van der Waals surface area contributed by atoms with Crippen molar-refractivity contribution in [2.75, 3.05) is 16.7 Å². The number of sulfonamides is 1. The molecule has 1 aromatic carbocycles. The molecule has 0 amide bonds. The van der Waals surface area contributed by atoms with E-state index in [9.17, 15) is 8.42 Å². The Hall–Kier alpha value is -0.740. The van der Waals surface area contributed by atoms with Crippen molar-refractivity contribution < 1.29 is 8.42 Å². The van der Waals surface area contributed by atoms with Gasteiger partial charge in [0, 0.05) is 12.4 Å². The maximum Gasteiger partial charge on any atom is 0.238 e. The molecule has 1 unspecified atom stereocenters. The molecule has 1 heterocycles. The normalized spacial score (nSPS) is 17.6. The van der Waals surface area contributed by atoms with Gasteiger partial charge in [-0.15, -0.1) is 11.6 Å². The van der Waals surface area contributed by atoms with Crippen molar-refractivity contribution >= 4 is 27.3 Å². The number of fused-ring (bicyclic) bond motifs is 1. The van der Waals surface area contributed by atoms with Crippen LogP contribution in [-0.2, 0) is 16.4 Å². The lowest BCUT2D eigenvalue weighted by molar-refractivity contribution is 0.578. The molecule has 0 saturated heterocycles. The van der Waals surface area contributed by atoms with E-state index >= 15 is 0 Å². The Balaban J connectivity index is 2.43. The summed E-state index contributed by atoms with van der Waals surface area (Å²) in [6, 6.07) is 7.67. The van der Waals surface area contributed by atoms with Gasteiger partial charge in [0.15, 0.2) is 0 Å². The number of alkyl halides is 1. The lowest BCUT2D eigenvalue weighted by Crippen LogP contribution is -2.41. The van der Waals surface area contributed by atoms with E-state index in [4.69, 9.17) is 11.6 Å². The molecule has 5 heteroatoms. The molecular weight excluding hydrogens is 258 g/mol. The number of hydrogen-bond donors (Lipinski definition) is 0. The second kappa shape index (κ2) is 4.86. The van der Waals surface area contributed by atoms with E-state index in [0.717, 1.165) is 24.1 Å². The first kappa shape index (κ1) is 12.7. The van der Waals surface area contributed by atoms with Gasteiger partial charge in [-0.05, 0) is 31.4 Å². The Kier molecular flexibility index (Phi) is 3.64. The number of halogens is 1. The summed E-state index contributed by atoms with van der Waals surface area (Å²) in [5.74, 6) is 0.126. The second-order valence-corrected chi connectivity index (χ2v) is 6.90. The van der Waals surface area contributed by atoms with E-state index < -0.39 is 15.3 Å². The van der Waals surface area contributed by atoms with Crippen LogP contribution < -0.4 is 4.31 Å². The minimum atomic E-state index is -3.32. The van der Waals surface area contributed by atoms with Crippen LogP contribution in [0.5, 0.6) is 0 Å². The van der Waals surface area contributed by atoms with Crippen LogP contribution in [0.3, 0.4) is 0 Å². The van der Waals surface area contributed by atoms with Crippen molar-refractivity contribution in [3.8, 4) is 0 Å². The molecule has 1 aliphatic rings. The molecule has 0 aliphatic carbocycles. The van der Waals surface area contributed by atoms with Crippen LogP contribution in [0.25, 0.3) is 0 Å². The van der Waals surface area contributed by atoms with Crippen molar-refractivity contribution in [1.29, 1.82) is 0 Å². The summed E-state index contributed by atoms with van der Waals surface area (Å²) in [5, 5.41) is -0.546. The Morgan fingerprint density at radius 3 is 2.82 bits per heavy atom. The lowest BCUT2D eigenvalue weighted by Gasteiger charge is -2.32. The molecule has 0 radical (unpaired) electrons. The molecule has 0 saturated carbocycles. The first-order valence-electron chi connectivity index (χ1n) is 5.73. The summed E-state index contributed by atoms with van der Waals surface area (Å²) in [7, 11) is -3.32. The molecular formula is C12H16ClNO2S. The molecule has 3 nitrogen and oxygen atoms in total. The first-order chi connectivity index (χ1) is 8.07. The molecule has 2 rings (SSSR count). The molecule has 1 aliphatic heterocycles. The topological polar surface area (TPSA) is 37.4 Å². The van der Waals surface area contributed by atoms with E-state index in [-0.39, 0.29) is 5.88 Å². The van der Waals surface area contributed by atoms with E-state index in [1.807, 2.05) is 24.3 Å². The average molecular weight is 274 g/mol. The Morgan fingerprint density at radius 2 is 2.12 bits per heavy atom. The summed E-state index contributed by atoms with van der Waals surface area (Å²) in [5.41, 5.74) is 1.92. The third kappa shape index (κ3) is 2.29. The van der Waals surface area contributed by atoms with Crippen LogP contribution in [0.4, 0.5) is 5.69 Å². The van der Waals surface area contributed by atoms with Crippen LogP contribution in [-0.4, -0.2) is 26.1 Å². The van der Waals surface area contributed by atoms with Crippen LogP contribution in [0, 0.1) is 0 Å². The van der Waals surface area contributed by atoms with Gasteiger partial charge in [0.25, 0.3) is 0 Å². The number of rotatable bonds is 3. The van der Waals surface area contributed by atoms with Gasteiger partial charge in [-0.2, -0.15) is 0 Å². The second-order valence-electron chi connectivity index (χ2n) is 4.31. The molecule has 0 spiro atoms. The highest BCUT2D eigenvalue weighted by atomic mass is 35.5. The first-order valence-corrected chi connectivity index (χ1v) is 7.76. The highest BCUT2D eigenvalue weighted by molar-refractivity contribution is 7.93. The smallest absolute Gasteiger partial charge is 0.238 e. The van der Waals surface area contributed by atoms with Crippen molar-refractivity contribution in [2.45, 2.75) is 25.0 Å². The molecule has 1 atom stereocenters. The van der Waals surface area contributed by atoms with E-state index in [1.54, 1.807) is 6.92 Å². The monoisotopic (exact) mass is 273 g/mol. The molecule has 94 valence electrons. The number of para-hydroxylation sites is 1. The van der Waals surface area contributed by atoms with Crippen molar-refractivity contribution in [2.24, 2.45) is 0 Å². The van der Waals surface area contributed by atoms with Gasteiger partial charge < -0.3 is 0 Å². The third-order valence-corrected chi connectivity index (χ3v) is 5.92. The summed E-state index contributed by atoms with van der Waals surface area (Å²) in [4.78, 5) is 0. The predicted octanol–water partition coefficient (Wildman–Crippen LogP) is 2.40.